The Hall–Kier alpha value is -1.48. The number of hydrogen-bond donors (Lipinski definition) is 3. The lowest BCUT2D eigenvalue weighted by molar-refractivity contribution is 0.128. The Morgan fingerprint density at radius 2 is 2.20 bits per heavy atom. The van der Waals surface area contributed by atoms with Crippen molar-refractivity contribution >= 4 is 11.6 Å². The van der Waals surface area contributed by atoms with E-state index in [1.165, 1.54) is 0 Å². The van der Waals surface area contributed by atoms with Crippen molar-refractivity contribution < 1.29 is 14.6 Å². The van der Waals surface area contributed by atoms with Crippen molar-refractivity contribution in [2.24, 2.45) is 5.84 Å². The van der Waals surface area contributed by atoms with Gasteiger partial charge in [-0.05, 0) is 6.92 Å². The summed E-state index contributed by atoms with van der Waals surface area (Å²) in [6, 6.07) is 1.72. The standard InChI is InChI=1S/C12H23N5O3/c1-3-20-9-11-14-10(16-13)8-12(15-11)17(4-6-18)5-7-19-2/h8,18H,3-7,9,13H2,1-2H3,(H,14,15,16). The Morgan fingerprint density at radius 3 is 2.80 bits per heavy atom. The van der Waals surface area contributed by atoms with E-state index in [1.54, 1.807) is 13.2 Å². The van der Waals surface area contributed by atoms with Crippen molar-refractivity contribution in [2.45, 2.75) is 13.5 Å². The molecule has 0 aromatic carbocycles. The molecule has 1 rings (SSSR count). The maximum absolute atomic E-state index is 9.14. The average molecular weight is 285 g/mol. The van der Waals surface area contributed by atoms with Gasteiger partial charge in [-0.1, -0.05) is 0 Å². The Bertz CT molecular complexity index is 391. The number of aliphatic hydroxyl groups excluding tert-OH is 1. The Balaban J connectivity index is 2.92. The number of hydrazine groups is 1. The van der Waals surface area contributed by atoms with Crippen molar-refractivity contribution in [2.75, 3.05) is 50.3 Å². The molecule has 114 valence electrons. The van der Waals surface area contributed by atoms with Gasteiger partial charge in [-0.3, -0.25) is 0 Å². The van der Waals surface area contributed by atoms with Crippen LogP contribution in [0.5, 0.6) is 0 Å². The van der Waals surface area contributed by atoms with E-state index in [1.807, 2.05) is 11.8 Å². The van der Waals surface area contributed by atoms with Crippen LogP contribution in [0.1, 0.15) is 12.7 Å². The molecule has 8 nitrogen and oxygen atoms in total. The molecule has 1 heterocycles. The third kappa shape index (κ3) is 5.25. The minimum Gasteiger partial charge on any atom is -0.395 e. The predicted octanol–water partition coefficient (Wildman–Crippen LogP) is -0.256. The summed E-state index contributed by atoms with van der Waals surface area (Å²) in [6.07, 6.45) is 0. The highest BCUT2D eigenvalue weighted by molar-refractivity contribution is 5.48. The molecule has 0 spiro atoms. The van der Waals surface area contributed by atoms with Crippen LogP contribution in [-0.4, -0.2) is 55.1 Å². The van der Waals surface area contributed by atoms with Gasteiger partial charge in [-0.2, -0.15) is 0 Å². The molecule has 0 aliphatic heterocycles. The molecule has 1 aromatic heterocycles. The van der Waals surface area contributed by atoms with E-state index in [0.717, 1.165) is 0 Å². The number of hydrogen-bond acceptors (Lipinski definition) is 8. The molecule has 0 atom stereocenters. The van der Waals surface area contributed by atoms with Crippen LogP contribution >= 0.6 is 0 Å². The maximum Gasteiger partial charge on any atom is 0.158 e. The van der Waals surface area contributed by atoms with Gasteiger partial charge in [-0.15, -0.1) is 0 Å². The van der Waals surface area contributed by atoms with Crippen LogP contribution in [0, 0.1) is 0 Å². The molecule has 4 N–H and O–H groups in total. The van der Waals surface area contributed by atoms with Crippen molar-refractivity contribution in [3.8, 4) is 0 Å². The first-order chi connectivity index (χ1) is 9.74. The molecule has 0 radical (unpaired) electrons. The second-order valence-corrected chi connectivity index (χ2v) is 4.01. The number of nitrogens with two attached hydrogens (primary N) is 1. The maximum atomic E-state index is 9.14. The first kappa shape index (κ1) is 16.6. The number of nitrogens with one attached hydrogen (secondary N) is 1. The van der Waals surface area contributed by atoms with Crippen LogP contribution in [0.3, 0.4) is 0 Å². The van der Waals surface area contributed by atoms with Crippen molar-refractivity contribution in [1.82, 2.24) is 9.97 Å². The van der Waals surface area contributed by atoms with Gasteiger partial charge < -0.3 is 24.9 Å². The van der Waals surface area contributed by atoms with Crippen LogP contribution in [0.15, 0.2) is 6.07 Å². The lowest BCUT2D eigenvalue weighted by atomic mass is 10.4. The average Bonchev–Trinajstić information content (AvgIpc) is 2.49. The van der Waals surface area contributed by atoms with Crippen molar-refractivity contribution in [3.05, 3.63) is 11.9 Å². The lowest BCUT2D eigenvalue weighted by Gasteiger charge is -2.23. The third-order valence-electron chi connectivity index (χ3n) is 2.60. The third-order valence-corrected chi connectivity index (χ3v) is 2.60. The number of nitrogens with zero attached hydrogens (tertiary/aromatic N) is 3. The van der Waals surface area contributed by atoms with E-state index < -0.39 is 0 Å². The van der Waals surface area contributed by atoms with Crippen LogP contribution in [0.4, 0.5) is 11.6 Å². The highest BCUT2D eigenvalue weighted by atomic mass is 16.5. The van der Waals surface area contributed by atoms with Gasteiger partial charge in [0.15, 0.2) is 5.82 Å². The van der Waals surface area contributed by atoms with E-state index in [-0.39, 0.29) is 6.61 Å². The van der Waals surface area contributed by atoms with Crippen LogP contribution < -0.4 is 16.2 Å². The van der Waals surface area contributed by atoms with Crippen molar-refractivity contribution in [3.63, 3.8) is 0 Å². The topological polar surface area (TPSA) is 106 Å². The zero-order valence-electron chi connectivity index (χ0n) is 12.0. The number of anilines is 2. The summed E-state index contributed by atoms with van der Waals surface area (Å²) in [5, 5.41) is 9.14. The minimum atomic E-state index is 0.0277. The molecule has 0 aliphatic carbocycles. The first-order valence-electron chi connectivity index (χ1n) is 6.52. The highest BCUT2D eigenvalue weighted by Crippen LogP contribution is 2.15. The number of aliphatic hydroxyl groups is 1. The molecule has 8 heteroatoms. The molecule has 0 amide bonds. The summed E-state index contributed by atoms with van der Waals surface area (Å²) in [4.78, 5) is 10.5. The number of methoxy groups -OCH3 is 1. The van der Waals surface area contributed by atoms with Gasteiger partial charge in [0, 0.05) is 32.9 Å². The second kappa shape index (κ2) is 9.43. The van der Waals surface area contributed by atoms with E-state index in [2.05, 4.69) is 15.4 Å². The monoisotopic (exact) mass is 285 g/mol. The van der Waals surface area contributed by atoms with Crippen LogP contribution in [-0.2, 0) is 16.1 Å². The zero-order chi connectivity index (χ0) is 14.8. The summed E-state index contributed by atoms with van der Waals surface area (Å²) in [6.45, 7) is 4.45. The Kier molecular flexibility index (Phi) is 7.81. The number of nitrogen functional groups attached to an aromatic ring is 1. The summed E-state index contributed by atoms with van der Waals surface area (Å²) in [5.41, 5.74) is 2.51. The van der Waals surface area contributed by atoms with Crippen molar-refractivity contribution in [1.29, 1.82) is 0 Å². The van der Waals surface area contributed by atoms with Crippen LogP contribution in [0.25, 0.3) is 0 Å². The lowest BCUT2D eigenvalue weighted by Crippen LogP contribution is -2.31. The number of ether oxygens (including phenoxy) is 2. The quantitative estimate of drug-likeness (QED) is 0.399. The van der Waals surface area contributed by atoms with Gasteiger partial charge in [0.1, 0.15) is 18.2 Å². The fourth-order valence-electron chi connectivity index (χ4n) is 1.64. The number of rotatable bonds is 10. The fourth-order valence-corrected chi connectivity index (χ4v) is 1.64. The molecular formula is C12H23N5O3. The summed E-state index contributed by atoms with van der Waals surface area (Å²) < 4.78 is 10.4. The SMILES string of the molecule is CCOCc1nc(NN)cc(N(CCO)CCOC)n1. The largest absolute Gasteiger partial charge is 0.395 e. The molecule has 1 aromatic rings. The molecular weight excluding hydrogens is 262 g/mol. The van der Waals surface area contributed by atoms with Crippen LogP contribution in [0.2, 0.25) is 0 Å². The molecule has 0 saturated heterocycles. The van der Waals surface area contributed by atoms with Gasteiger partial charge in [0.2, 0.25) is 0 Å². The van der Waals surface area contributed by atoms with E-state index in [9.17, 15) is 0 Å². The predicted molar refractivity (Wildman–Crippen MR) is 76.3 cm³/mol. The highest BCUT2D eigenvalue weighted by Gasteiger charge is 2.11. The van der Waals surface area contributed by atoms with E-state index in [4.69, 9.17) is 20.4 Å². The molecule has 0 aliphatic rings. The number of aromatic nitrogens is 2. The Labute approximate surface area is 118 Å². The Morgan fingerprint density at radius 1 is 1.40 bits per heavy atom. The van der Waals surface area contributed by atoms with Gasteiger partial charge in [-0.25, -0.2) is 15.8 Å². The first-order valence-corrected chi connectivity index (χ1v) is 6.52. The summed E-state index contributed by atoms with van der Waals surface area (Å²) in [5.74, 6) is 7.14. The molecule has 0 bridgehead atoms. The zero-order valence-corrected chi connectivity index (χ0v) is 12.0. The van der Waals surface area contributed by atoms with E-state index >= 15 is 0 Å². The summed E-state index contributed by atoms with van der Waals surface area (Å²) >= 11 is 0. The van der Waals surface area contributed by atoms with E-state index in [0.29, 0.717) is 50.4 Å². The fraction of sp³-hybridized carbons (Fsp3) is 0.667. The van der Waals surface area contributed by atoms with Gasteiger partial charge in [0.25, 0.3) is 0 Å². The molecule has 0 unspecified atom stereocenters. The molecule has 20 heavy (non-hydrogen) atoms. The molecule has 0 saturated carbocycles. The smallest absolute Gasteiger partial charge is 0.158 e. The second-order valence-electron chi connectivity index (χ2n) is 4.01. The summed E-state index contributed by atoms with van der Waals surface area (Å²) in [7, 11) is 1.63. The van der Waals surface area contributed by atoms with Gasteiger partial charge in [0.05, 0.1) is 13.2 Å². The minimum absolute atomic E-state index is 0.0277. The normalized spacial score (nSPS) is 10.6. The molecule has 0 fully saturated rings. The van der Waals surface area contributed by atoms with Gasteiger partial charge >= 0.3 is 0 Å².